The molecule has 10 heteroatoms. The number of nitrogens with zero attached hydrogens (tertiary/aromatic N) is 5. The third kappa shape index (κ3) is 7.85. The average Bonchev–Trinajstić information content (AvgIpc) is 3.24. The topological polar surface area (TPSA) is 126 Å². The second kappa shape index (κ2) is 15.9. The van der Waals surface area contributed by atoms with Gasteiger partial charge < -0.3 is 19.6 Å². The lowest BCUT2D eigenvalue weighted by Crippen LogP contribution is -2.21. The molecule has 0 fully saturated rings. The Labute approximate surface area is 234 Å². The number of non-ortho nitro benzene ring substituents is 1. The van der Waals surface area contributed by atoms with Crippen LogP contribution >= 0.6 is 0 Å². The average molecular weight is 547 g/mol. The van der Waals surface area contributed by atoms with E-state index >= 15 is 0 Å². The van der Waals surface area contributed by atoms with Crippen LogP contribution in [0.15, 0.2) is 59.4 Å². The number of para-hydroxylation sites is 1. The number of hydrogen-bond acceptors (Lipinski definition) is 7. The number of benzene rings is 2. The quantitative estimate of drug-likeness (QED) is 0.137. The van der Waals surface area contributed by atoms with Crippen LogP contribution in [0.1, 0.15) is 39.2 Å². The zero-order valence-corrected chi connectivity index (χ0v) is 23.9. The van der Waals surface area contributed by atoms with Gasteiger partial charge in [0.15, 0.2) is 0 Å². The second-order valence-corrected chi connectivity index (χ2v) is 9.23. The molecule has 0 unspecified atom stereocenters. The van der Waals surface area contributed by atoms with Crippen molar-refractivity contribution in [3.63, 3.8) is 0 Å². The molecule has 1 N–H and O–H groups in total. The number of aromatic nitrogens is 2. The van der Waals surface area contributed by atoms with E-state index in [-0.39, 0.29) is 11.3 Å². The molecule has 0 aliphatic heterocycles. The molecule has 10 nitrogen and oxygen atoms in total. The summed E-state index contributed by atoms with van der Waals surface area (Å²) in [5.41, 5.74) is 2.48. The Morgan fingerprint density at radius 1 is 1.10 bits per heavy atom. The fourth-order valence-electron chi connectivity index (χ4n) is 4.32. The number of nitro benzene ring substituents is 1. The molecule has 0 spiro atoms. The zero-order chi connectivity index (χ0) is 29.7. The van der Waals surface area contributed by atoms with Crippen LogP contribution in [-0.4, -0.2) is 59.0 Å². The van der Waals surface area contributed by atoms with Crippen molar-refractivity contribution in [2.24, 2.45) is 0 Å². The molecule has 0 saturated heterocycles. The van der Waals surface area contributed by atoms with Crippen molar-refractivity contribution < 1.29 is 9.72 Å². The lowest BCUT2D eigenvalue weighted by Gasteiger charge is -2.10. The van der Waals surface area contributed by atoms with Crippen molar-refractivity contribution in [3.8, 4) is 11.8 Å². The van der Waals surface area contributed by atoms with E-state index in [4.69, 9.17) is 4.79 Å². The van der Waals surface area contributed by atoms with Crippen LogP contribution in [-0.2, 0) is 11.3 Å². The highest BCUT2D eigenvalue weighted by molar-refractivity contribution is 6.07. The van der Waals surface area contributed by atoms with Gasteiger partial charge in [-0.05, 0) is 77.8 Å². The monoisotopic (exact) mass is 546 g/mol. The summed E-state index contributed by atoms with van der Waals surface area (Å²) in [6, 6.07) is 17.2. The first-order valence-electron chi connectivity index (χ1n) is 13.3. The summed E-state index contributed by atoms with van der Waals surface area (Å²) >= 11 is 0. The number of aldehydes is 1. The summed E-state index contributed by atoms with van der Waals surface area (Å²) < 4.78 is 3.58. The van der Waals surface area contributed by atoms with Gasteiger partial charge in [0.1, 0.15) is 17.9 Å². The highest BCUT2D eigenvalue weighted by Crippen LogP contribution is 2.31. The maximum absolute atomic E-state index is 13.0. The van der Waals surface area contributed by atoms with E-state index in [0.717, 1.165) is 48.8 Å². The number of aryl methyl sites for hydroxylation is 1. The lowest BCUT2D eigenvalue weighted by molar-refractivity contribution is -0.384. The van der Waals surface area contributed by atoms with E-state index in [0.29, 0.717) is 11.2 Å². The van der Waals surface area contributed by atoms with Gasteiger partial charge in [-0.15, -0.1) is 0 Å². The number of hydrogen-bond donors (Lipinski definition) is 1. The molecule has 0 amide bonds. The van der Waals surface area contributed by atoms with Crippen molar-refractivity contribution in [2.45, 2.75) is 40.2 Å². The summed E-state index contributed by atoms with van der Waals surface area (Å²) in [6.07, 6.45) is 2.90. The predicted octanol–water partition coefficient (Wildman–Crippen LogP) is 4.89. The van der Waals surface area contributed by atoms with Crippen molar-refractivity contribution in [2.75, 3.05) is 33.7 Å². The molecule has 0 aliphatic rings. The molecule has 0 bridgehead atoms. The minimum absolute atomic E-state index is 0.0333. The fraction of sp³-hybridized carbons (Fsp3) is 0.367. The van der Waals surface area contributed by atoms with Gasteiger partial charge >= 0.3 is 0 Å². The van der Waals surface area contributed by atoms with Gasteiger partial charge in [-0.2, -0.15) is 5.26 Å². The SMILES string of the molecule is CC=O.CCCn1c2ccccc2c2c1cc(C#N)c(=O)n2-c1ccc([N+](=O)[O-])cc1.CCNCCCN(C)C. The Morgan fingerprint density at radius 2 is 1.75 bits per heavy atom. The minimum atomic E-state index is -0.485. The molecule has 2 heterocycles. The van der Waals surface area contributed by atoms with Crippen LogP contribution in [0.5, 0.6) is 0 Å². The number of nitriles is 1. The van der Waals surface area contributed by atoms with E-state index in [1.807, 2.05) is 30.3 Å². The van der Waals surface area contributed by atoms with Crippen molar-refractivity contribution >= 4 is 33.9 Å². The molecular formula is C30H38N6O4. The predicted molar refractivity (Wildman–Crippen MR) is 160 cm³/mol. The largest absolute Gasteiger partial charge is 0.339 e. The van der Waals surface area contributed by atoms with Gasteiger partial charge in [0.25, 0.3) is 11.2 Å². The Morgan fingerprint density at radius 3 is 2.30 bits per heavy atom. The maximum atomic E-state index is 13.0. The van der Waals surface area contributed by atoms with E-state index in [2.05, 4.69) is 42.7 Å². The molecule has 4 aromatic rings. The summed E-state index contributed by atoms with van der Waals surface area (Å²) in [5.74, 6) is 0. The third-order valence-electron chi connectivity index (χ3n) is 6.02. The molecule has 0 radical (unpaired) electrons. The van der Waals surface area contributed by atoms with Crippen molar-refractivity contribution in [3.05, 3.63) is 80.6 Å². The number of fused-ring (bicyclic) bond motifs is 3. The van der Waals surface area contributed by atoms with E-state index in [1.165, 1.54) is 48.7 Å². The summed E-state index contributed by atoms with van der Waals surface area (Å²) in [4.78, 5) is 34.5. The Bertz CT molecular complexity index is 1510. The second-order valence-electron chi connectivity index (χ2n) is 9.23. The van der Waals surface area contributed by atoms with Crippen molar-refractivity contribution in [1.29, 1.82) is 5.26 Å². The van der Waals surface area contributed by atoms with Gasteiger partial charge in [0.05, 0.1) is 21.5 Å². The van der Waals surface area contributed by atoms with Crippen LogP contribution in [0.3, 0.4) is 0 Å². The minimum Gasteiger partial charge on any atom is -0.339 e. The van der Waals surface area contributed by atoms with Crippen LogP contribution in [0.25, 0.3) is 27.6 Å². The summed E-state index contributed by atoms with van der Waals surface area (Å²) in [5, 5.41) is 24.6. The number of nitro groups is 1. The summed E-state index contributed by atoms with van der Waals surface area (Å²) in [6.45, 7) is 9.82. The lowest BCUT2D eigenvalue weighted by atomic mass is 10.2. The number of carbonyl (C=O) groups is 1. The van der Waals surface area contributed by atoms with E-state index in [9.17, 15) is 20.2 Å². The fourth-order valence-corrected chi connectivity index (χ4v) is 4.32. The highest BCUT2D eigenvalue weighted by atomic mass is 16.6. The first-order valence-corrected chi connectivity index (χ1v) is 13.3. The summed E-state index contributed by atoms with van der Waals surface area (Å²) in [7, 11) is 4.21. The first kappa shape index (κ1) is 31.9. The van der Waals surface area contributed by atoms with E-state index < -0.39 is 10.5 Å². The van der Waals surface area contributed by atoms with Gasteiger partial charge in [-0.1, -0.05) is 32.0 Å². The Kier molecular flexibility index (Phi) is 12.7. The molecule has 2 aromatic carbocycles. The highest BCUT2D eigenvalue weighted by Gasteiger charge is 2.19. The van der Waals surface area contributed by atoms with Gasteiger partial charge in [-0.3, -0.25) is 19.5 Å². The third-order valence-corrected chi connectivity index (χ3v) is 6.02. The van der Waals surface area contributed by atoms with Crippen molar-refractivity contribution in [1.82, 2.24) is 19.4 Å². The van der Waals surface area contributed by atoms with E-state index in [1.54, 1.807) is 6.07 Å². The van der Waals surface area contributed by atoms with Gasteiger partial charge in [-0.25, -0.2) is 0 Å². The van der Waals surface area contributed by atoms with Crippen LogP contribution < -0.4 is 10.9 Å². The number of rotatable bonds is 9. The number of nitrogens with one attached hydrogen (secondary N) is 1. The molecule has 0 saturated carbocycles. The Hall–Kier alpha value is -4.33. The molecule has 40 heavy (non-hydrogen) atoms. The standard InChI is InChI=1S/C21H16N4O3.C7H18N2.C2H4O/c1-2-11-23-18-6-4-3-5-17(18)20-19(23)12-14(13-22)21(26)24(20)15-7-9-16(10-8-15)25(27)28;1-4-8-6-5-7-9(2)3;1-2-3/h3-10,12H,2,11H2,1H3;8H,4-7H2,1-3H3;2H,1H3. The number of carbonyl (C=O) groups excluding carboxylic acids is 1. The molecular weight excluding hydrogens is 508 g/mol. The Balaban J connectivity index is 0.000000396. The molecule has 212 valence electrons. The maximum Gasteiger partial charge on any atom is 0.273 e. The van der Waals surface area contributed by atoms with Crippen LogP contribution in [0.4, 0.5) is 5.69 Å². The molecule has 0 aliphatic carbocycles. The number of pyridine rings is 1. The first-order chi connectivity index (χ1) is 19.2. The smallest absolute Gasteiger partial charge is 0.273 e. The normalized spacial score (nSPS) is 10.4. The molecule has 4 rings (SSSR count). The molecule has 2 aromatic heterocycles. The van der Waals surface area contributed by atoms with Crippen LogP contribution in [0, 0.1) is 21.4 Å². The van der Waals surface area contributed by atoms with Crippen LogP contribution in [0.2, 0.25) is 0 Å². The zero-order valence-electron chi connectivity index (χ0n) is 23.9. The van der Waals surface area contributed by atoms with Gasteiger partial charge in [0, 0.05) is 29.8 Å². The molecule has 0 atom stereocenters. The van der Waals surface area contributed by atoms with Gasteiger partial charge in [0.2, 0.25) is 0 Å².